The van der Waals surface area contributed by atoms with Gasteiger partial charge in [0.25, 0.3) is 0 Å². The van der Waals surface area contributed by atoms with Crippen molar-refractivity contribution < 1.29 is 18.8 Å². The number of carbonyl (C=O) groups excluding carboxylic acids is 1. The van der Waals surface area contributed by atoms with Crippen molar-refractivity contribution in [2.75, 3.05) is 13.2 Å². The lowest BCUT2D eigenvalue weighted by Gasteiger charge is -2.16. The molecule has 0 N–H and O–H groups in total. The van der Waals surface area contributed by atoms with Crippen LogP contribution in [0.3, 0.4) is 0 Å². The van der Waals surface area contributed by atoms with Crippen LogP contribution < -0.4 is 0 Å². The van der Waals surface area contributed by atoms with Crippen LogP contribution in [0.15, 0.2) is 4.52 Å². The van der Waals surface area contributed by atoms with E-state index in [-0.39, 0.29) is 24.5 Å². The Balaban J connectivity index is 2.81. The van der Waals surface area contributed by atoms with Crippen LogP contribution in [-0.4, -0.2) is 29.3 Å². The molecule has 6 heteroatoms. The van der Waals surface area contributed by atoms with E-state index in [1.807, 2.05) is 20.8 Å². The van der Waals surface area contributed by atoms with E-state index in [1.54, 1.807) is 6.92 Å². The summed E-state index contributed by atoms with van der Waals surface area (Å²) >= 11 is 0. The fourth-order valence-corrected chi connectivity index (χ4v) is 1.37. The molecule has 96 valence electrons. The summed E-state index contributed by atoms with van der Waals surface area (Å²) in [5, 5.41) is 3.75. The number of rotatable bonds is 6. The van der Waals surface area contributed by atoms with Gasteiger partial charge in [-0.3, -0.25) is 0 Å². The Morgan fingerprint density at radius 3 is 2.59 bits per heavy atom. The van der Waals surface area contributed by atoms with Gasteiger partial charge in [0.05, 0.1) is 6.61 Å². The van der Waals surface area contributed by atoms with Crippen molar-refractivity contribution in [1.82, 2.24) is 10.1 Å². The first kappa shape index (κ1) is 13.6. The van der Waals surface area contributed by atoms with Gasteiger partial charge in [-0.15, -0.1) is 0 Å². The van der Waals surface area contributed by atoms with Gasteiger partial charge >= 0.3 is 11.9 Å². The van der Waals surface area contributed by atoms with Gasteiger partial charge in [0.15, 0.2) is 0 Å². The van der Waals surface area contributed by atoms with Crippen LogP contribution in [0.4, 0.5) is 0 Å². The summed E-state index contributed by atoms with van der Waals surface area (Å²) in [6.45, 7) is 8.40. The maximum atomic E-state index is 11.3. The number of ether oxygens (including phenoxy) is 2. The Morgan fingerprint density at radius 2 is 2.06 bits per heavy atom. The highest BCUT2D eigenvalue weighted by molar-refractivity contribution is 5.83. The lowest BCUT2D eigenvalue weighted by Crippen LogP contribution is -2.13. The number of carbonyl (C=O) groups is 1. The molecule has 0 spiro atoms. The van der Waals surface area contributed by atoms with E-state index >= 15 is 0 Å². The van der Waals surface area contributed by atoms with E-state index in [2.05, 4.69) is 10.1 Å². The minimum atomic E-state index is -0.606. The Hall–Kier alpha value is -1.43. The molecule has 0 aromatic carbocycles. The monoisotopic (exact) mass is 242 g/mol. The molecule has 17 heavy (non-hydrogen) atoms. The smallest absolute Gasteiger partial charge is 0.397 e. The maximum absolute atomic E-state index is 11.3. The van der Waals surface area contributed by atoms with Crippen molar-refractivity contribution in [2.24, 2.45) is 5.92 Å². The molecule has 0 fully saturated rings. The minimum absolute atomic E-state index is 0.132. The molecule has 0 aliphatic rings. The number of aromatic nitrogens is 2. The number of nitrogens with zero attached hydrogens (tertiary/aromatic N) is 2. The molecule has 1 atom stereocenters. The van der Waals surface area contributed by atoms with Gasteiger partial charge in [-0.05, 0) is 19.8 Å². The molecule has 1 heterocycles. The summed E-state index contributed by atoms with van der Waals surface area (Å²) in [6, 6.07) is 0. The predicted molar refractivity (Wildman–Crippen MR) is 59.5 cm³/mol. The fourth-order valence-electron chi connectivity index (χ4n) is 1.37. The number of esters is 1. The van der Waals surface area contributed by atoms with Gasteiger partial charge in [-0.25, -0.2) is 4.79 Å². The Morgan fingerprint density at radius 1 is 1.35 bits per heavy atom. The van der Waals surface area contributed by atoms with Crippen LogP contribution in [0, 0.1) is 5.92 Å². The van der Waals surface area contributed by atoms with Crippen molar-refractivity contribution in [2.45, 2.75) is 33.8 Å². The zero-order chi connectivity index (χ0) is 12.8. The van der Waals surface area contributed by atoms with E-state index in [4.69, 9.17) is 14.0 Å². The van der Waals surface area contributed by atoms with Gasteiger partial charge in [0.1, 0.15) is 6.10 Å². The van der Waals surface area contributed by atoms with Crippen LogP contribution >= 0.6 is 0 Å². The third-order valence-electron chi connectivity index (χ3n) is 2.10. The number of hydrogen-bond acceptors (Lipinski definition) is 6. The summed E-state index contributed by atoms with van der Waals surface area (Å²) in [6.07, 6.45) is -0.271. The van der Waals surface area contributed by atoms with Crippen LogP contribution in [0.25, 0.3) is 0 Å². The molecule has 1 aromatic heterocycles. The highest BCUT2D eigenvalue weighted by Crippen LogP contribution is 2.23. The Kier molecular flexibility index (Phi) is 5.09. The zero-order valence-corrected chi connectivity index (χ0v) is 10.6. The quantitative estimate of drug-likeness (QED) is 0.710. The summed E-state index contributed by atoms with van der Waals surface area (Å²) < 4.78 is 15.1. The first-order valence-electron chi connectivity index (χ1n) is 5.72. The first-order valence-corrected chi connectivity index (χ1v) is 5.72. The van der Waals surface area contributed by atoms with E-state index < -0.39 is 5.97 Å². The highest BCUT2D eigenvalue weighted by Gasteiger charge is 2.24. The second-order valence-corrected chi connectivity index (χ2v) is 3.80. The van der Waals surface area contributed by atoms with E-state index in [1.165, 1.54) is 0 Å². The Labute approximate surface area is 100 Å². The van der Waals surface area contributed by atoms with Crippen LogP contribution in [0.1, 0.15) is 50.3 Å². The van der Waals surface area contributed by atoms with Crippen molar-refractivity contribution in [3.63, 3.8) is 0 Å². The van der Waals surface area contributed by atoms with Crippen molar-refractivity contribution in [3.8, 4) is 0 Å². The third-order valence-corrected chi connectivity index (χ3v) is 2.10. The van der Waals surface area contributed by atoms with Crippen molar-refractivity contribution >= 4 is 5.97 Å². The molecule has 1 aromatic rings. The first-order chi connectivity index (χ1) is 8.10. The van der Waals surface area contributed by atoms with E-state index in [0.717, 1.165) is 0 Å². The zero-order valence-electron chi connectivity index (χ0n) is 10.6. The average Bonchev–Trinajstić information content (AvgIpc) is 2.74. The summed E-state index contributed by atoms with van der Waals surface area (Å²) in [4.78, 5) is 15.3. The second kappa shape index (κ2) is 6.34. The molecule has 0 amide bonds. The normalized spacial score (nSPS) is 12.8. The molecular weight excluding hydrogens is 224 g/mol. The minimum Gasteiger partial charge on any atom is -0.459 e. The van der Waals surface area contributed by atoms with Gasteiger partial charge in [0, 0.05) is 6.61 Å². The van der Waals surface area contributed by atoms with Crippen LogP contribution in [-0.2, 0) is 9.47 Å². The molecule has 1 unspecified atom stereocenters. The standard InChI is InChI=1S/C11H18N2O4/c1-5-15-8(7(3)4)9-12-10(17-13-9)11(14)16-6-2/h7-8H,5-6H2,1-4H3. The van der Waals surface area contributed by atoms with Crippen molar-refractivity contribution in [3.05, 3.63) is 11.7 Å². The SMILES string of the molecule is CCOC(=O)c1nc(C(OCC)C(C)C)no1. The molecule has 0 saturated carbocycles. The largest absolute Gasteiger partial charge is 0.459 e. The Bertz CT molecular complexity index is 362. The molecule has 0 aliphatic carbocycles. The fraction of sp³-hybridized carbons (Fsp3) is 0.727. The van der Waals surface area contributed by atoms with Crippen LogP contribution in [0.5, 0.6) is 0 Å². The molecule has 0 saturated heterocycles. The second-order valence-electron chi connectivity index (χ2n) is 3.80. The van der Waals surface area contributed by atoms with E-state index in [0.29, 0.717) is 12.4 Å². The molecule has 0 radical (unpaired) electrons. The van der Waals surface area contributed by atoms with Gasteiger partial charge in [0.2, 0.25) is 5.82 Å². The summed E-state index contributed by atoms with van der Waals surface area (Å²) in [7, 11) is 0. The van der Waals surface area contributed by atoms with Gasteiger partial charge < -0.3 is 14.0 Å². The predicted octanol–water partition coefficient (Wildman–Crippen LogP) is 1.98. The lowest BCUT2D eigenvalue weighted by molar-refractivity contribution is 0.0217. The number of hydrogen-bond donors (Lipinski definition) is 0. The maximum Gasteiger partial charge on any atom is 0.397 e. The van der Waals surface area contributed by atoms with Gasteiger partial charge in [-0.1, -0.05) is 19.0 Å². The summed E-state index contributed by atoms with van der Waals surface area (Å²) in [5.74, 6) is -0.162. The molecule has 6 nitrogen and oxygen atoms in total. The average molecular weight is 242 g/mol. The molecule has 1 rings (SSSR count). The van der Waals surface area contributed by atoms with E-state index in [9.17, 15) is 4.79 Å². The molecular formula is C11H18N2O4. The topological polar surface area (TPSA) is 74.5 Å². The highest BCUT2D eigenvalue weighted by atomic mass is 16.6. The lowest BCUT2D eigenvalue weighted by atomic mass is 10.1. The summed E-state index contributed by atoms with van der Waals surface area (Å²) in [5.41, 5.74) is 0. The van der Waals surface area contributed by atoms with Crippen LogP contribution in [0.2, 0.25) is 0 Å². The third kappa shape index (κ3) is 3.52. The van der Waals surface area contributed by atoms with Crippen molar-refractivity contribution in [1.29, 1.82) is 0 Å². The molecule has 0 bridgehead atoms. The van der Waals surface area contributed by atoms with Gasteiger partial charge in [-0.2, -0.15) is 4.98 Å². The molecule has 0 aliphatic heterocycles.